The molecule has 0 spiro atoms. The predicted octanol–water partition coefficient (Wildman–Crippen LogP) is 3.33. The Morgan fingerprint density at radius 1 is 1.28 bits per heavy atom. The van der Waals surface area contributed by atoms with Crippen molar-refractivity contribution in [2.45, 2.75) is 45.1 Å². The summed E-state index contributed by atoms with van der Waals surface area (Å²) in [7, 11) is -1.81. The molecule has 1 atom stereocenters. The van der Waals surface area contributed by atoms with Gasteiger partial charge in [-0.05, 0) is 50.5 Å². The van der Waals surface area contributed by atoms with Crippen molar-refractivity contribution in [2.75, 3.05) is 48.7 Å². The zero-order valence-electron chi connectivity index (χ0n) is 21.0. The van der Waals surface area contributed by atoms with Crippen molar-refractivity contribution in [3.05, 3.63) is 41.6 Å². The summed E-state index contributed by atoms with van der Waals surface area (Å²) in [6.07, 6.45) is 2.42. The van der Waals surface area contributed by atoms with Gasteiger partial charge in [-0.15, -0.1) is 0 Å². The number of aromatic nitrogens is 1. The van der Waals surface area contributed by atoms with E-state index >= 15 is 0 Å². The normalized spacial score (nSPS) is 18.1. The molecule has 36 heavy (non-hydrogen) atoms. The maximum absolute atomic E-state index is 12.5. The fourth-order valence-corrected chi connectivity index (χ4v) is 5.23. The maximum atomic E-state index is 12.5. The Balaban J connectivity index is 1.64. The van der Waals surface area contributed by atoms with E-state index in [4.69, 9.17) is 9.72 Å². The number of carbonyl (C=O) groups excluding carboxylic acids is 1. The van der Waals surface area contributed by atoms with Crippen LogP contribution in [-0.4, -0.2) is 69.4 Å². The van der Waals surface area contributed by atoms with Gasteiger partial charge in [0.1, 0.15) is 11.9 Å². The summed E-state index contributed by atoms with van der Waals surface area (Å²) in [6, 6.07) is 11.4. The number of anilines is 2. The molecule has 1 aliphatic carbocycles. The van der Waals surface area contributed by atoms with E-state index in [1.807, 2.05) is 24.0 Å². The van der Waals surface area contributed by atoms with Crippen molar-refractivity contribution in [3.8, 4) is 17.2 Å². The maximum Gasteiger partial charge on any atom is 0.232 e. The van der Waals surface area contributed by atoms with Crippen molar-refractivity contribution >= 4 is 27.4 Å². The number of hydrogen-bond acceptors (Lipinski definition) is 7. The molecular formula is C26H33N5O4S. The zero-order valence-corrected chi connectivity index (χ0v) is 21.8. The molecule has 1 aromatic heterocycles. The predicted molar refractivity (Wildman–Crippen MR) is 139 cm³/mol. The first-order valence-electron chi connectivity index (χ1n) is 12.4. The van der Waals surface area contributed by atoms with E-state index in [1.54, 1.807) is 32.2 Å². The van der Waals surface area contributed by atoms with Crippen LogP contribution < -0.4 is 9.62 Å². The Morgan fingerprint density at radius 3 is 2.69 bits per heavy atom. The van der Waals surface area contributed by atoms with E-state index in [0.717, 1.165) is 29.7 Å². The Morgan fingerprint density at radius 2 is 2.06 bits per heavy atom. The zero-order chi connectivity index (χ0) is 25.9. The topological polar surface area (TPSA) is 116 Å². The largest absolute Gasteiger partial charge is 0.384 e. The number of rotatable bonds is 9. The summed E-state index contributed by atoms with van der Waals surface area (Å²) in [6.45, 7) is 5.77. The number of nitrogens with one attached hydrogen (secondary N) is 1. The molecule has 0 unspecified atom stereocenters. The van der Waals surface area contributed by atoms with Gasteiger partial charge >= 0.3 is 0 Å². The summed E-state index contributed by atoms with van der Waals surface area (Å²) < 4.78 is 31.8. The minimum atomic E-state index is -3.40. The molecule has 1 aromatic carbocycles. The number of hydrogen-bond donors (Lipinski definition) is 1. The molecule has 0 radical (unpaired) electrons. The van der Waals surface area contributed by atoms with Crippen molar-refractivity contribution in [2.24, 2.45) is 0 Å². The fraction of sp³-hybridized carbons (Fsp3) is 0.500. The van der Waals surface area contributed by atoms with Gasteiger partial charge in [0.2, 0.25) is 15.9 Å². The molecule has 192 valence electrons. The third kappa shape index (κ3) is 5.79. The lowest BCUT2D eigenvalue weighted by molar-refractivity contribution is -0.134. The number of piperazine rings is 1. The number of amides is 1. The highest BCUT2D eigenvalue weighted by Gasteiger charge is 2.33. The highest BCUT2D eigenvalue weighted by molar-refractivity contribution is 7.92. The van der Waals surface area contributed by atoms with Crippen LogP contribution in [0.2, 0.25) is 0 Å². The molecule has 2 aromatic rings. The van der Waals surface area contributed by atoms with Crippen LogP contribution in [0.3, 0.4) is 0 Å². The molecule has 1 saturated carbocycles. The SMILES string of the molecule is CCS(=O)(=O)Nc1cccc(-c2cc(C#N)c(N3CCN(C(=O)CCOC)[C@H](C)C3)nc2C2CC2)c1. The smallest absolute Gasteiger partial charge is 0.232 e. The summed E-state index contributed by atoms with van der Waals surface area (Å²) in [4.78, 5) is 21.5. The molecule has 1 amide bonds. The minimum Gasteiger partial charge on any atom is -0.384 e. The summed E-state index contributed by atoms with van der Waals surface area (Å²) >= 11 is 0. The molecule has 10 heteroatoms. The molecular weight excluding hydrogens is 478 g/mol. The second-order valence-corrected chi connectivity index (χ2v) is 11.4. The molecule has 2 aliphatic rings. The first kappa shape index (κ1) is 25.9. The van der Waals surface area contributed by atoms with Crippen LogP contribution in [0.1, 0.15) is 50.3 Å². The fourth-order valence-electron chi connectivity index (χ4n) is 4.60. The Kier molecular flexibility index (Phi) is 7.81. The van der Waals surface area contributed by atoms with Crippen LogP contribution in [-0.2, 0) is 19.6 Å². The number of benzene rings is 1. The lowest BCUT2D eigenvalue weighted by atomic mass is 9.98. The summed E-state index contributed by atoms with van der Waals surface area (Å²) in [5.74, 6) is 1.03. The van der Waals surface area contributed by atoms with Gasteiger partial charge < -0.3 is 14.5 Å². The highest BCUT2D eigenvalue weighted by Crippen LogP contribution is 2.45. The van der Waals surface area contributed by atoms with Gasteiger partial charge in [-0.1, -0.05) is 12.1 Å². The van der Waals surface area contributed by atoms with Crippen molar-refractivity contribution in [3.63, 3.8) is 0 Å². The molecule has 9 nitrogen and oxygen atoms in total. The average molecular weight is 512 g/mol. The molecule has 4 rings (SSSR count). The number of pyridine rings is 1. The third-order valence-corrected chi connectivity index (χ3v) is 8.02. The summed E-state index contributed by atoms with van der Waals surface area (Å²) in [5.41, 5.74) is 3.58. The molecule has 2 heterocycles. The summed E-state index contributed by atoms with van der Waals surface area (Å²) in [5, 5.41) is 10.0. The van der Waals surface area contributed by atoms with Crippen molar-refractivity contribution in [1.29, 1.82) is 5.26 Å². The Labute approximate surface area is 213 Å². The van der Waals surface area contributed by atoms with E-state index in [9.17, 15) is 18.5 Å². The van der Waals surface area contributed by atoms with Crippen LogP contribution in [0.15, 0.2) is 30.3 Å². The second kappa shape index (κ2) is 10.8. The molecule has 1 N–H and O–H groups in total. The van der Waals surface area contributed by atoms with Crippen LogP contribution >= 0.6 is 0 Å². The van der Waals surface area contributed by atoms with Gasteiger partial charge in [-0.3, -0.25) is 9.52 Å². The lowest BCUT2D eigenvalue weighted by Gasteiger charge is -2.41. The van der Waals surface area contributed by atoms with Crippen molar-refractivity contribution in [1.82, 2.24) is 9.88 Å². The Hall–Kier alpha value is -3.16. The molecule has 1 saturated heterocycles. The van der Waals surface area contributed by atoms with E-state index in [0.29, 0.717) is 55.6 Å². The highest BCUT2D eigenvalue weighted by atomic mass is 32.2. The monoisotopic (exact) mass is 511 g/mol. The van der Waals surface area contributed by atoms with Gasteiger partial charge in [0.15, 0.2) is 0 Å². The first-order valence-corrected chi connectivity index (χ1v) is 14.0. The lowest BCUT2D eigenvalue weighted by Crippen LogP contribution is -2.54. The van der Waals surface area contributed by atoms with Crippen molar-refractivity contribution < 1.29 is 17.9 Å². The molecule has 0 bridgehead atoms. The van der Waals surface area contributed by atoms with Crippen LogP contribution in [0.25, 0.3) is 11.1 Å². The number of nitrogens with zero attached hydrogens (tertiary/aromatic N) is 4. The van der Waals surface area contributed by atoms with Crippen LogP contribution in [0.5, 0.6) is 0 Å². The third-order valence-electron chi connectivity index (χ3n) is 6.71. The number of sulfonamides is 1. The van der Waals surface area contributed by atoms with E-state index in [-0.39, 0.29) is 17.7 Å². The van der Waals surface area contributed by atoms with Gasteiger partial charge in [0, 0.05) is 50.0 Å². The van der Waals surface area contributed by atoms with Crippen LogP contribution in [0.4, 0.5) is 11.5 Å². The van der Waals surface area contributed by atoms with Crippen LogP contribution in [0, 0.1) is 11.3 Å². The standard InChI is InChI=1S/C26H33N5O4S/c1-4-36(33,34)29-22-7-5-6-20(14-22)23-15-21(16-27)26(28-25(23)19-8-9-19)30-11-12-31(18(2)17-30)24(32)10-13-35-3/h5-7,14-15,18-19,29H,4,8-13,17H2,1-3H3/t18-/m1/s1. The van der Waals surface area contributed by atoms with Gasteiger partial charge in [0.25, 0.3) is 0 Å². The average Bonchev–Trinajstić information content (AvgIpc) is 3.72. The first-order chi connectivity index (χ1) is 17.3. The number of ether oxygens (including phenoxy) is 1. The second-order valence-electron chi connectivity index (χ2n) is 9.39. The van der Waals surface area contributed by atoms with E-state index in [2.05, 4.69) is 15.7 Å². The Bertz CT molecular complexity index is 1270. The van der Waals surface area contributed by atoms with E-state index < -0.39 is 10.0 Å². The number of methoxy groups -OCH3 is 1. The molecule has 1 aliphatic heterocycles. The van der Waals surface area contributed by atoms with Gasteiger partial charge in [-0.2, -0.15) is 5.26 Å². The van der Waals surface area contributed by atoms with E-state index in [1.165, 1.54) is 0 Å². The number of nitriles is 1. The number of carbonyl (C=O) groups is 1. The van der Waals surface area contributed by atoms with Gasteiger partial charge in [0.05, 0.1) is 30.0 Å². The quantitative estimate of drug-likeness (QED) is 0.549. The molecule has 2 fully saturated rings. The van der Waals surface area contributed by atoms with Gasteiger partial charge in [-0.25, -0.2) is 13.4 Å². The minimum absolute atomic E-state index is 0.0104.